The number of rotatable bonds is 19. The molecule has 0 radical (unpaired) electrons. The van der Waals surface area contributed by atoms with E-state index in [-0.39, 0.29) is 34.7 Å². The van der Waals surface area contributed by atoms with E-state index in [1.165, 1.54) is 7.11 Å². The van der Waals surface area contributed by atoms with Gasteiger partial charge in [0.05, 0.1) is 37.7 Å². The Morgan fingerprint density at radius 1 is 0.759 bits per heavy atom. The number of benzene rings is 2. The Hall–Kier alpha value is -2.36. The van der Waals surface area contributed by atoms with E-state index < -0.39 is 39.4 Å². The van der Waals surface area contributed by atoms with Gasteiger partial charge in [0.2, 0.25) is 0 Å². The summed E-state index contributed by atoms with van der Waals surface area (Å²) in [6.45, 7) is 38.5. The van der Waals surface area contributed by atoms with Crippen LogP contribution in [-0.4, -0.2) is 71.8 Å². The standard InChI is InChI=1S/C46H80O8Si4/c1-20-57(21-2,22-3)53-43-34-28-26-30-36(48-14)40(34)44(54-58(23-4,24-5)25-6)41(35(43)29-27-31-39(47)49-15)37-32-38(51-55(16,17)45(8,9)10)42(33(7)50-37)52-56(18,19)46(11,12)13/h26-30,32-33,38,42H,20-25,31H2,1-19H3/b29-27+/t33-,38-,42-/m0/s1. The van der Waals surface area contributed by atoms with Crippen molar-refractivity contribution in [3.05, 3.63) is 41.5 Å². The lowest BCUT2D eigenvalue weighted by Gasteiger charge is -2.47. The molecule has 0 amide bonds. The smallest absolute Gasteiger partial charge is 0.309 e. The molecular formula is C46H80O8Si4. The summed E-state index contributed by atoms with van der Waals surface area (Å²) in [6.07, 6.45) is 5.09. The lowest BCUT2D eigenvalue weighted by atomic mass is 9.93. The predicted molar refractivity (Wildman–Crippen MR) is 254 cm³/mol. The van der Waals surface area contributed by atoms with Gasteiger partial charge in [-0.05, 0) is 91.6 Å². The molecule has 2 aromatic rings. The fourth-order valence-electron chi connectivity index (χ4n) is 7.23. The second kappa shape index (κ2) is 19.6. The molecule has 2 aromatic carbocycles. The van der Waals surface area contributed by atoms with E-state index in [9.17, 15) is 4.79 Å². The predicted octanol–water partition coefficient (Wildman–Crippen LogP) is 13.7. The van der Waals surface area contributed by atoms with Gasteiger partial charge in [-0.15, -0.1) is 0 Å². The maximum Gasteiger partial charge on any atom is 0.309 e. The first-order valence-corrected chi connectivity index (χ1v) is 32.8. The van der Waals surface area contributed by atoms with Crippen molar-refractivity contribution in [3.8, 4) is 17.2 Å². The van der Waals surface area contributed by atoms with Crippen molar-refractivity contribution in [2.24, 2.45) is 0 Å². The average Bonchev–Trinajstić information content (AvgIpc) is 3.16. The molecule has 12 heteroatoms. The Bertz CT molecular complexity index is 1750. The van der Waals surface area contributed by atoms with Crippen molar-refractivity contribution >= 4 is 61.8 Å². The van der Waals surface area contributed by atoms with E-state index in [0.29, 0.717) is 11.5 Å². The van der Waals surface area contributed by atoms with Crippen LogP contribution in [0.15, 0.2) is 30.4 Å². The van der Waals surface area contributed by atoms with Gasteiger partial charge in [-0.25, -0.2) is 0 Å². The summed E-state index contributed by atoms with van der Waals surface area (Å²) < 4.78 is 48.4. The molecular weight excluding hydrogens is 793 g/mol. The second-order valence-electron chi connectivity index (χ2n) is 19.2. The van der Waals surface area contributed by atoms with Gasteiger partial charge in [0.15, 0.2) is 16.6 Å². The Kier molecular flexibility index (Phi) is 16.9. The van der Waals surface area contributed by atoms with Crippen LogP contribution in [0.25, 0.3) is 22.6 Å². The monoisotopic (exact) mass is 872 g/mol. The summed E-state index contributed by atoms with van der Waals surface area (Å²) in [5.74, 6) is 2.57. The molecule has 1 heterocycles. The third-order valence-corrected chi connectivity index (χ3v) is 31.8. The topological polar surface area (TPSA) is 81.7 Å². The minimum absolute atomic E-state index is 0.0133. The highest BCUT2D eigenvalue weighted by atomic mass is 28.4. The zero-order chi connectivity index (χ0) is 44.1. The van der Waals surface area contributed by atoms with Crippen LogP contribution in [0, 0.1) is 0 Å². The maximum atomic E-state index is 12.6. The Balaban J connectivity index is 2.71. The van der Waals surface area contributed by atoms with Crippen LogP contribution in [0.2, 0.25) is 72.5 Å². The van der Waals surface area contributed by atoms with Crippen LogP contribution in [-0.2, 0) is 23.1 Å². The van der Waals surface area contributed by atoms with Crippen molar-refractivity contribution in [2.75, 3.05) is 14.2 Å². The molecule has 8 nitrogen and oxygen atoms in total. The molecule has 1 aliphatic heterocycles. The van der Waals surface area contributed by atoms with E-state index in [0.717, 1.165) is 69.7 Å². The number of ether oxygens (including phenoxy) is 3. The van der Waals surface area contributed by atoms with Crippen molar-refractivity contribution in [1.82, 2.24) is 0 Å². The van der Waals surface area contributed by atoms with Crippen molar-refractivity contribution in [1.29, 1.82) is 0 Å². The first-order chi connectivity index (χ1) is 26.9. The summed E-state index contributed by atoms with van der Waals surface area (Å²) in [5, 5.41) is 1.74. The fourth-order valence-corrected chi connectivity index (χ4v) is 15.0. The second-order valence-corrected chi connectivity index (χ2v) is 38.1. The number of fused-ring (bicyclic) bond motifs is 1. The summed E-state index contributed by atoms with van der Waals surface area (Å²) in [5.41, 5.74) is 1.62. The van der Waals surface area contributed by atoms with Gasteiger partial charge in [-0.3, -0.25) is 4.79 Å². The molecule has 328 valence electrons. The number of hydrogen-bond acceptors (Lipinski definition) is 8. The summed E-state index contributed by atoms with van der Waals surface area (Å²) in [7, 11) is -6.11. The molecule has 3 rings (SSSR count). The lowest BCUT2D eigenvalue weighted by Crippen LogP contribution is -2.56. The number of esters is 1. The van der Waals surface area contributed by atoms with Crippen LogP contribution >= 0.6 is 0 Å². The zero-order valence-corrected chi connectivity index (χ0v) is 43.9. The largest absolute Gasteiger partial charge is 0.543 e. The Morgan fingerprint density at radius 2 is 1.26 bits per heavy atom. The van der Waals surface area contributed by atoms with Crippen molar-refractivity contribution in [2.45, 2.75) is 187 Å². The van der Waals surface area contributed by atoms with E-state index in [1.54, 1.807) is 7.11 Å². The van der Waals surface area contributed by atoms with Gasteiger partial charge in [-0.2, -0.15) is 0 Å². The van der Waals surface area contributed by atoms with Crippen LogP contribution in [0.1, 0.15) is 108 Å². The third-order valence-electron chi connectivity index (χ3n) is 13.9. The number of carbonyl (C=O) groups is 1. The van der Waals surface area contributed by atoms with E-state index in [1.807, 2.05) is 24.3 Å². The highest BCUT2D eigenvalue weighted by Crippen LogP contribution is 2.52. The molecule has 0 fully saturated rings. The van der Waals surface area contributed by atoms with Crippen molar-refractivity contribution in [3.63, 3.8) is 0 Å². The minimum Gasteiger partial charge on any atom is -0.543 e. The molecule has 0 unspecified atom stereocenters. The highest BCUT2D eigenvalue weighted by molar-refractivity contribution is 6.75. The maximum absolute atomic E-state index is 12.6. The quantitative estimate of drug-likeness (QED) is 0.102. The lowest BCUT2D eigenvalue weighted by molar-refractivity contribution is -0.139. The highest BCUT2D eigenvalue weighted by Gasteiger charge is 2.48. The van der Waals surface area contributed by atoms with E-state index in [4.69, 9.17) is 31.9 Å². The Morgan fingerprint density at radius 3 is 1.72 bits per heavy atom. The van der Waals surface area contributed by atoms with Crippen molar-refractivity contribution < 1.29 is 36.7 Å². The van der Waals surface area contributed by atoms with Gasteiger partial charge >= 0.3 is 5.97 Å². The third kappa shape index (κ3) is 10.7. The average molecular weight is 873 g/mol. The van der Waals surface area contributed by atoms with Gasteiger partial charge in [0, 0.05) is 10.9 Å². The number of methoxy groups -OCH3 is 2. The summed E-state index contributed by atoms with van der Waals surface area (Å²) in [4.78, 5) is 12.6. The minimum atomic E-state index is -2.35. The van der Waals surface area contributed by atoms with Gasteiger partial charge in [0.1, 0.15) is 35.2 Å². The van der Waals surface area contributed by atoms with Crippen LogP contribution in [0.5, 0.6) is 17.2 Å². The fraction of sp³-hybridized carbons (Fsp3) is 0.674. The molecule has 0 bridgehead atoms. The molecule has 0 N–H and O–H groups in total. The normalized spacial score (nSPS) is 18.6. The number of hydrogen-bond donors (Lipinski definition) is 0. The number of carbonyl (C=O) groups excluding carboxylic acids is 1. The van der Waals surface area contributed by atoms with Crippen LogP contribution < -0.4 is 13.6 Å². The first kappa shape index (κ1) is 50.0. The molecule has 3 atom stereocenters. The molecule has 0 spiro atoms. The summed E-state index contributed by atoms with van der Waals surface area (Å²) >= 11 is 0. The van der Waals surface area contributed by atoms with E-state index in [2.05, 4.69) is 128 Å². The Labute approximate surface area is 357 Å². The molecule has 0 saturated heterocycles. The van der Waals surface area contributed by atoms with Crippen LogP contribution in [0.4, 0.5) is 0 Å². The van der Waals surface area contributed by atoms with Gasteiger partial charge < -0.3 is 31.9 Å². The van der Waals surface area contributed by atoms with E-state index >= 15 is 0 Å². The van der Waals surface area contributed by atoms with Gasteiger partial charge in [-0.1, -0.05) is 107 Å². The zero-order valence-electron chi connectivity index (χ0n) is 39.9. The first-order valence-electron chi connectivity index (χ1n) is 21.9. The molecule has 0 aromatic heterocycles. The summed E-state index contributed by atoms with van der Waals surface area (Å²) in [6, 6.07) is 11.8. The SMILES string of the molecule is CC[Si](CC)(CC)Oc1c(/C=C/CC(=O)OC)c(C2=C[C@H](O[Si](C)(C)C(C)(C)C)[C@@H](O[Si](C)(C)C(C)(C)C)[C@H](C)O2)c(O[Si](CC)(CC)CC)c2c(OC)cccc12. The van der Waals surface area contributed by atoms with Gasteiger partial charge in [0.25, 0.3) is 16.6 Å². The molecule has 0 aliphatic carbocycles. The molecule has 0 saturated carbocycles. The molecule has 58 heavy (non-hydrogen) atoms. The molecule has 1 aliphatic rings. The van der Waals surface area contributed by atoms with Crippen LogP contribution in [0.3, 0.4) is 0 Å².